The van der Waals surface area contributed by atoms with E-state index < -0.39 is 14.6 Å². The molecule has 0 aromatic carbocycles. The maximum absolute atomic E-state index is 13.1. The molecule has 142 valence electrons. The summed E-state index contributed by atoms with van der Waals surface area (Å²) >= 11 is 0. The summed E-state index contributed by atoms with van der Waals surface area (Å²) in [5, 5.41) is 3.16. The average molecular weight is 383 g/mol. The lowest BCUT2D eigenvalue weighted by molar-refractivity contribution is -0.134. The first-order valence-electron chi connectivity index (χ1n) is 8.72. The first kappa shape index (κ1) is 21.7. The Labute approximate surface area is 152 Å². The number of hydrogen-bond acceptors (Lipinski definition) is 5. The summed E-state index contributed by atoms with van der Waals surface area (Å²) in [7, 11) is -3.44. The Morgan fingerprint density at radius 3 is 2.50 bits per heavy atom. The van der Waals surface area contributed by atoms with Gasteiger partial charge in [0.1, 0.15) is 0 Å². The van der Waals surface area contributed by atoms with Gasteiger partial charge in [0.15, 0.2) is 14.6 Å². The molecule has 1 unspecified atom stereocenters. The van der Waals surface area contributed by atoms with Gasteiger partial charge in [-0.1, -0.05) is 6.92 Å². The van der Waals surface area contributed by atoms with E-state index in [4.69, 9.17) is 4.74 Å². The lowest BCUT2D eigenvalue weighted by Crippen LogP contribution is -2.58. The van der Waals surface area contributed by atoms with Crippen molar-refractivity contribution in [3.63, 3.8) is 0 Å². The molecule has 0 aromatic rings. The number of carbonyl (C=O) groups is 1. The van der Waals surface area contributed by atoms with E-state index in [1.807, 2.05) is 0 Å². The van der Waals surface area contributed by atoms with Gasteiger partial charge in [-0.25, -0.2) is 8.42 Å². The molecule has 1 N–H and O–H groups in total. The van der Waals surface area contributed by atoms with Crippen molar-refractivity contribution in [3.05, 3.63) is 0 Å². The second-order valence-electron chi connectivity index (χ2n) is 6.73. The van der Waals surface area contributed by atoms with Crippen LogP contribution in [0.3, 0.4) is 0 Å². The monoisotopic (exact) mass is 382 g/mol. The standard InChI is InChI=1S/C16H30N2O4S.ClH/c1-3-13-22-14-5-4-11-18(12-6-14)15(19)16(23(2,20)21)7-9-17-10-8-16;/h14,17H,3-13H2,1-2H3;1H. The Bertz CT molecular complexity index is 506. The fourth-order valence-corrected chi connectivity index (χ4v) is 4.97. The molecule has 24 heavy (non-hydrogen) atoms. The number of likely N-dealkylation sites (tertiary alicyclic amines) is 1. The predicted octanol–water partition coefficient (Wildman–Crippen LogP) is 1.38. The van der Waals surface area contributed by atoms with Crippen LogP contribution < -0.4 is 5.32 Å². The van der Waals surface area contributed by atoms with Crippen LogP contribution in [-0.4, -0.2) is 69.1 Å². The minimum atomic E-state index is -3.44. The molecule has 0 aliphatic carbocycles. The predicted molar refractivity (Wildman–Crippen MR) is 97.4 cm³/mol. The molecule has 0 radical (unpaired) electrons. The number of piperidine rings is 1. The van der Waals surface area contributed by atoms with Crippen molar-refractivity contribution in [2.75, 3.05) is 39.0 Å². The number of amides is 1. The zero-order valence-corrected chi connectivity index (χ0v) is 16.4. The van der Waals surface area contributed by atoms with Gasteiger partial charge in [-0.2, -0.15) is 0 Å². The highest BCUT2D eigenvalue weighted by Gasteiger charge is 2.50. The average Bonchev–Trinajstić information content (AvgIpc) is 2.77. The maximum atomic E-state index is 13.1. The molecule has 2 heterocycles. The quantitative estimate of drug-likeness (QED) is 0.777. The number of rotatable bonds is 5. The van der Waals surface area contributed by atoms with Gasteiger partial charge >= 0.3 is 0 Å². The van der Waals surface area contributed by atoms with Crippen molar-refractivity contribution in [1.82, 2.24) is 10.2 Å². The largest absolute Gasteiger partial charge is 0.378 e. The van der Waals surface area contributed by atoms with Gasteiger partial charge < -0.3 is 15.0 Å². The van der Waals surface area contributed by atoms with Crippen molar-refractivity contribution >= 4 is 28.2 Å². The van der Waals surface area contributed by atoms with Gasteiger partial charge in [-0.15, -0.1) is 12.4 Å². The summed E-state index contributed by atoms with van der Waals surface area (Å²) in [4.78, 5) is 14.8. The normalized spacial score (nSPS) is 24.8. The van der Waals surface area contributed by atoms with Crippen LogP contribution in [0, 0.1) is 0 Å². The molecule has 2 aliphatic rings. The Morgan fingerprint density at radius 1 is 1.25 bits per heavy atom. The molecule has 6 nitrogen and oxygen atoms in total. The van der Waals surface area contributed by atoms with Crippen LogP contribution in [0.4, 0.5) is 0 Å². The SMILES string of the molecule is CCCOC1CCCN(C(=O)C2(S(C)(=O)=O)CCNCC2)CC1.Cl. The first-order valence-corrected chi connectivity index (χ1v) is 10.6. The van der Waals surface area contributed by atoms with Crippen LogP contribution in [0.2, 0.25) is 0 Å². The third-order valence-corrected chi connectivity index (χ3v) is 7.03. The fourth-order valence-electron chi connectivity index (χ4n) is 3.58. The van der Waals surface area contributed by atoms with Crippen LogP contribution in [0.1, 0.15) is 45.4 Å². The maximum Gasteiger partial charge on any atom is 0.244 e. The summed E-state index contributed by atoms with van der Waals surface area (Å²) in [5.41, 5.74) is 0. The van der Waals surface area contributed by atoms with E-state index in [9.17, 15) is 13.2 Å². The molecule has 2 aliphatic heterocycles. The Balaban J connectivity index is 0.00000288. The zero-order valence-electron chi connectivity index (χ0n) is 14.8. The molecular formula is C16H31ClN2O4S. The second-order valence-corrected chi connectivity index (χ2v) is 9.06. The minimum Gasteiger partial charge on any atom is -0.378 e. The molecule has 0 spiro atoms. The number of carbonyl (C=O) groups excluding carboxylic acids is 1. The second kappa shape index (κ2) is 9.36. The van der Waals surface area contributed by atoms with Crippen molar-refractivity contribution in [1.29, 1.82) is 0 Å². The Morgan fingerprint density at radius 2 is 1.92 bits per heavy atom. The highest BCUT2D eigenvalue weighted by atomic mass is 35.5. The van der Waals surface area contributed by atoms with Crippen LogP contribution >= 0.6 is 12.4 Å². The van der Waals surface area contributed by atoms with Crippen LogP contribution in [-0.2, 0) is 19.4 Å². The van der Waals surface area contributed by atoms with Crippen molar-refractivity contribution in [2.45, 2.75) is 56.3 Å². The number of ether oxygens (including phenoxy) is 1. The van der Waals surface area contributed by atoms with E-state index in [2.05, 4.69) is 12.2 Å². The van der Waals surface area contributed by atoms with Gasteiger partial charge in [0.05, 0.1) is 6.10 Å². The van der Waals surface area contributed by atoms with Crippen molar-refractivity contribution in [3.8, 4) is 0 Å². The van der Waals surface area contributed by atoms with E-state index in [0.717, 1.165) is 32.3 Å². The molecule has 2 saturated heterocycles. The lowest BCUT2D eigenvalue weighted by atomic mass is 9.95. The number of hydrogen-bond donors (Lipinski definition) is 1. The fraction of sp³-hybridized carbons (Fsp3) is 0.938. The highest BCUT2D eigenvalue weighted by molar-refractivity contribution is 7.92. The van der Waals surface area contributed by atoms with E-state index in [1.54, 1.807) is 4.90 Å². The summed E-state index contributed by atoms with van der Waals surface area (Å²) in [6.07, 6.45) is 5.74. The van der Waals surface area contributed by atoms with E-state index in [1.165, 1.54) is 6.26 Å². The van der Waals surface area contributed by atoms with Crippen molar-refractivity contribution < 1.29 is 17.9 Å². The Kier molecular flexibility index (Phi) is 8.45. The molecule has 1 atom stereocenters. The highest BCUT2D eigenvalue weighted by Crippen LogP contribution is 2.31. The third-order valence-electron chi connectivity index (χ3n) is 5.03. The molecule has 2 fully saturated rings. The number of sulfone groups is 1. The summed E-state index contributed by atoms with van der Waals surface area (Å²) in [5.74, 6) is -0.197. The van der Waals surface area contributed by atoms with Crippen LogP contribution in [0.5, 0.6) is 0 Å². The van der Waals surface area contributed by atoms with E-state index >= 15 is 0 Å². The lowest BCUT2D eigenvalue weighted by Gasteiger charge is -2.38. The van der Waals surface area contributed by atoms with Gasteiger partial charge in [-0.05, 0) is 51.6 Å². The number of nitrogens with one attached hydrogen (secondary N) is 1. The summed E-state index contributed by atoms with van der Waals surface area (Å²) in [6.45, 7) is 5.22. The van der Waals surface area contributed by atoms with Crippen LogP contribution in [0.25, 0.3) is 0 Å². The molecule has 1 amide bonds. The molecular weight excluding hydrogens is 352 g/mol. The van der Waals surface area contributed by atoms with Gasteiger partial charge in [-0.3, -0.25) is 4.79 Å². The molecule has 0 aromatic heterocycles. The number of halogens is 1. The minimum absolute atomic E-state index is 0. The number of nitrogens with zero attached hydrogens (tertiary/aromatic N) is 1. The molecule has 0 bridgehead atoms. The van der Waals surface area contributed by atoms with Crippen LogP contribution in [0.15, 0.2) is 0 Å². The van der Waals surface area contributed by atoms with E-state index in [0.29, 0.717) is 39.0 Å². The summed E-state index contributed by atoms with van der Waals surface area (Å²) in [6, 6.07) is 0. The van der Waals surface area contributed by atoms with Gasteiger partial charge in [0.2, 0.25) is 5.91 Å². The zero-order chi connectivity index (χ0) is 16.9. The molecule has 2 rings (SSSR count). The van der Waals surface area contributed by atoms with Gasteiger partial charge in [0.25, 0.3) is 0 Å². The van der Waals surface area contributed by atoms with E-state index in [-0.39, 0.29) is 24.4 Å². The molecule has 0 saturated carbocycles. The van der Waals surface area contributed by atoms with Gasteiger partial charge in [0, 0.05) is 26.0 Å². The third kappa shape index (κ3) is 4.84. The van der Waals surface area contributed by atoms with Crippen molar-refractivity contribution in [2.24, 2.45) is 0 Å². The first-order chi connectivity index (χ1) is 10.9. The molecule has 8 heteroatoms. The summed E-state index contributed by atoms with van der Waals surface area (Å²) < 4.78 is 29.3. The smallest absolute Gasteiger partial charge is 0.244 e. The Hall–Kier alpha value is -0.370. The topological polar surface area (TPSA) is 75.7 Å².